The van der Waals surface area contributed by atoms with Crippen LogP contribution in [-0.4, -0.2) is 29.0 Å². The average Bonchev–Trinajstić information content (AvgIpc) is 3.63. The number of hydrogen-bond acceptors (Lipinski definition) is 7. The summed E-state index contributed by atoms with van der Waals surface area (Å²) in [6.45, 7) is 3.41. The van der Waals surface area contributed by atoms with Crippen LogP contribution in [0.1, 0.15) is 43.5 Å². The van der Waals surface area contributed by atoms with Gasteiger partial charge in [-0.1, -0.05) is 0 Å². The Morgan fingerprint density at radius 1 is 1.00 bits per heavy atom. The summed E-state index contributed by atoms with van der Waals surface area (Å²) in [5.41, 5.74) is 2.51. The van der Waals surface area contributed by atoms with Crippen molar-refractivity contribution < 1.29 is 28.0 Å². The van der Waals surface area contributed by atoms with Crippen molar-refractivity contribution in [2.45, 2.75) is 20.4 Å². The zero-order valence-corrected chi connectivity index (χ0v) is 19.5. The Labute approximate surface area is 206 Å². The second-order valence-corrected chi connectivity index (χ2v) is 7.84. The number of aromatic nitrogens is 1. The molecule has 0 bridgehead atoms. The van der Waals surface area contributed by atoms with E-state index in [9.17, 15) is 19.6 Å². The number of esters is 1. The van der Waals surface area contributed by atoms with Gasteiger partial charge in [0.2, 0.25) is 0 Å². The van der Waals surface area contributed by atoms with Gasteiger partial charge in [-0.25, -0.2) is 4.79 Å². The fourth-order valence-corrected chi connectivity index (χ4v) is 3.56. The Kier molecular flexibility index (Phi) is 7.02. The van der Waals surface area contributed by atoms with Gasteiger partial charge >= 0.3 is 5.97 Å². The Morgan fingerprint density at radius 3 is 2.36 bits per heavy atom. The summed E-state index contributed by atoms with van der Waals surface area (Å²) in [6.07, 6.45) is 2.94. The van der Waals surface area contributed by atoms with Crippen LogP contribution in [0.15, 0.2) is 69.9 Å². The number of nitriles is 1. The molecular formula is C26H22N4O6. The van der Waals surface area contributed by atoms with Crippen molar-refractivity contribution >= 4 is 29.3 Å². The molecule has 0 aliphatic rings. The molecule has 0 fully saturated rings. The lowest BCUT2D eigenvalue weighted by molar-refractivity contribution is -0.119. The van der Waals surface area contributed by atoms with Gasteiger partial charge in [0.05, 0.1) is 30.2 Å². The zero-order valence-electron chi connectivity index (χ0n) is 19.5. The maximum atomic E-state index is 12.6. The first kappa shape index (κ1) is 24.1. The number of anilines is 2. The summed E-state index contributed by atoms with van der Waals surface area (Å²) in [5.74, 6) is -0.617. The molecule has 2 amide bonds. The van der Waals surface area contributed by atoms with Gasteiger partial charge in [0.1, 0.15) is 17.6 Å². The smallest absolute Gasteiger partial charge is 0.338 e. The predicted molar refractivity (Wildman–Crippen MR) is 128 cm³/mol. The summed E-state index contributed by atoms with van der Waals surface area (Å²) >= 11 is 0. The summed E-state index contributed by atoms with van der Waals surface area (Å²) in [7, 11) is 0. The first-order valence-electron chi connectivity index (χ1n) is 10.9. The first-order valence-corrected chi connectivity index (χ1v) is 10.9. The summed E-state index contributed by atoms with van der Waals surface area (Å²) in [6, 6.07) is 14.8. The molecule has 0 saturated heterocycles. The highest BCUT2D eigenvalue weighted by Gasteiger charge is 2.21. The number of furan rings is 2. The highest BCUT2D eigenvalue weighted by atomic mass is 16.5. The van der Waals surface area contributed by atoms with E-state index < -0.39 is 24.4 Å². The first-order chi connectivity index (χ1) is 17.4. The molecule has 4 rings (SSSR count). The molecule has 0 radical (unpaired) electrons. The summed E-state index contributed by atoms with van der Waals surface area (Å²) in [4.78, 5) is 37.0. The fourth-order valence-electron chi connectivity index (χ4n) is 3.56. The molecule has 2 N–H and O–H groups in total. The molecule has 10 heteroatoms. The third-order valence-electron chi connectivity index (χ3n) is 5.55. The van der Waals surface area contributed by atoms with Crippen LogP contribution < -0.4 is 10.6 Å². The van der Waals surface area contributed by atoms with E-state index in [0.717, 1.165) is 11.3 Å². The minimum absolute atomic E-state index is 0.157. The third-order valence-corrected chi connectivity index (χ3v) is 5.55. The van der Waals surface area contributed by atoms with Crippen molar-refractivity contribution in [2.24, 2.45) is 0 Å². The number of carbonyl (C=O) groups excluding carboxylic acids is 3. The molecule has 0 spiro atoms. The quantitative estimate of drug-likeness (QED) is 0.355. The zero-order chi connectivity index (χ0) is 25.7. The van der Waals surface area contributed by atoms with Crippen molar-refractivity contribution in [3.8, 4) is 6.07 Å². The van der Waals surface area contributed by atoms with E-state index in [1.54, 1.807) is 36.0 Å². The van der Waals surface area contributed by atoms with Gasteiger partial charge < -0.3 is 28.8 Å². The van der Waals surface area contributed by atoms with Crippen LogP contribution in [0.3, 0.4) is 0 Å². The van der Waals surface area contributed by atoms with Gasteiger partial charge in [0, 0.05) is 11.4 Å². The minimum atomic E-state index is -0.715. The van der Waals surface area contributed by atoms with Crippen LogP contribution in [0.5, 0.6) is 0 Å². The van der Waals surface area contributed by atoms with Crippen molar-refractivity contribution in [2.75, 3.05) is 17.2 Å². The normalized spacial score (nSPS) is 10.5. The van der Waals surface area contributed by atoms with E-state index in [4.69, 9.17) is 13.6 Å². The molecule has 36 heavy (non-hydrogen) atoms. The van der Waals surface area contributed by atoms with Crippen LogP contribution in [0, 0.1) is 25.2 Å². The second kappa shape index (κ2) is 10.5. The van der Waals surface area contributed by atoms with Gasteiger partial charge in [-0.3, -0.25) is 9.59 Å². The topological polar surface area (TPSA) is 140 Å². The number of rotatable bonds is 8. The van der Waals surface area contributed by atoms with Gasteiger partial charge in [-0.2, -0.15) is 5.26 Å². The van der Waals surface area contributed by atoms with Crippen LogP contribution in [-0.2, 0) is 16.1 Å². The molecule has 0 aliphatic carbocycles. The predicted octanol–water partition coefficient (Wildman–Crippen LogP) is 4.26. The molecular weight excluding hydrogens is 464 g/mol. The summed E-state index contributed by atoms with van der Waals surface area (Å²) in [5, 5.41) is 14.9. The SMILES string of the molecule is Cc1c(C#N)c(NC(=O)COC(=O)c2ccc(NC(=O)c3ccco3)cc2)n(Cc2ccco2)c1C. The Bertz CT molecular complexity index is 1430. The van der Waals surface area contributed by atoms with Crippen LogP contribution >= 0.6 is 0 Å². The highest BCUT2D eigenvalue weighted by molar-refractivity contribution is 6.02. The van der Waals surface area contributed by atoms with Crippen LogP contribution in [0.2, 0.25) is 0 Å². The Hall–Kier alpha value is -5.04. The van der Waals surface area contributed by atoms with Gasteiger partial charge in [-0.05, 0) is 67.9 Å². The lowest BCUT2D eigenvalue weighted by atomic mass is 10.2. The van der Waals surface area contributed by atoms with Gasteiger partial charge in [0.15, 0.2) is 12.4 Å². The number of hydrogen-bond donors (Lipinski definition) is 2. The van der Waals surface area contributed by atoms with Crippen LogP contribution in [0.4, 0.5) is 11.5 Å². The molecule has 3 heterocycles. The number of nitrogens with zero attached hydrogens (tertiary/aromatic N) is 2. The Morgan fingerprint density at radius 2 is 1.72 bits per heavy atom. The van der Waals surface area contributed by atoms with Crippen molar-refractivity contribution in [3.05, 3.63) is 95.0 Å². The van der Waals surface area contributed by atoms with Gasteiger partial charge in [0.25, 0.3) is 11.8 Å². The number of amides is 2. The van der Waals surface area contributed by atoms with Crippen molar-refractivity contribution in [1.29, 1.82) is 5.26 Å². The number of benzene rings is 1. The molecule has 0 atom stereocenters. The standard InChI is InChI=1S/C26H22N4O6/c1-16-17(2)30(14-20-5-3-11-34-20)24(21(16)13-27)29-23(31)15-36-26(33)18-7-9-19(10-8-18)28-25(32)22-6-4-12-35-22/h3-12H,14-15H2,1-2H3,(H,28,32)(H,29,31). The lowest BCUT2D eigenvalue weighted by Gasteiger charge is -2.12. The van der Waals surface area contributed by atoms with Crippen molar-refractivity contribution in [1.82, 2.24) is 4.57 Å². The molecule has 10 nitrogen and oxygen atoms in total. The van der Waals surface area contributed by atoms with E-state index in [-0.39, 0.29) is 11.3 Å². The maximum Gasteiger partial charge on any atom is 0.338 e. The second-order valence-electron chi connectivity index (χ2n) is 7.84. The van der Waals surface area contributed by atoms with Crippen LogP contribution in [0.25, 0.3) is 0 Å². The highest BCUT2D eigenvalue weighted by Crippen LogP contribution is 2.27. The van der Waals surface area contributed by atoms with E-state index in [0.29, 0.717) is 29.4 Å². The monoisotopic (exact) mass is 486 g/mol. The number of nitrogens with one attached hydrogen (secondary N) is 2. The van der Waals surface area contributed by atoms with Crippen molar-refractivity contribution in [3.63, 3.8) is 0 Å². The minimum Gasteiger partial charge on any atom is -0.467 e. The Balaban J connectivity index is 1.37. The van der Waals surface area contributed by atoms with E-state index in [1.807, 2.05) is 6.92 Å². The molecule has 4 aromatic rings. The molecule has 3 aromatic heterocycles. The van der Waals surface area contributed by atoms with E-state index in [2.05, 4.69) is 16.7 Å². The largest absolute Gasteiger partial charge is 0.467 e. The molecule has 0 saturated carbocycles. The molecule has 0 unspecified atom stereocenters. The molecule has 1 aromatic carbocycles. The third kappa shape index (κ3) is 5.20. The maximum absolute atomic E-state index is 12.6. The van der Waals surface area contributed by atoms with E-state index >= 15 is 0 Å². The van der Waals surface area contributed by atoms with E-state index in [1.165, 1.54) is 36.6 Å². The lowest BCUT2D eigenvalue weighted by Crippen LogP contribution is -2.23. The molecule has 0 aliphatic heterocycles. The number of carbonyl (C=O) groups is 3. The number of ether oxygens (including phenoxy) is 1. The fraction of sp³-hybridized carbons (Fsp3) is 0.154. The molecule has 182 valence electrons. The average molecular weight is 486 g/mol. The summed E-state index contributed by atoms with van der Waals surface area (Å²) < 4.78 is 17.3. The van der Waals surface area contributed by atoms with Gasteiger partial charge in [-0.15, -0.1) is 0 Å².